The van der Waals surface area contributed by atoms with E-state index in [4.69, 9.17) is 10.5 Å². The summed E-state index contributed by atoms with van der Waals surface area (Å²) in [4.78, 5) is 11.6. The zero-order chi connectivity index (χ0) is 13.4. The molecule has 1 rings (SSSR count). The molecule has 0 heterocycles. The molecule has 0 aliphatic heterocycles. The second kappa shape index (κ2) is 4.60. The molecule has 0 aliphatic rings. The maximum atomic E-state index is 13.4. The minimum absolute atomic E-state index is 0.321. The van der Waals surface area contributed by atoms with E-state index in [1.165, 1.54) is 0 Å². The third kappa shape index (κ3) is 3.15. The highest BCUT2D eigenvalue weighted by molar-refractivity contribution is 9.10. The normalized spacial score (nSPS) is 11.4. The first-order valence-corrected chi connectivity index (χ1v) is 5.59. The summed E-state index contributed by atoms with van der Waals surface area (Å²) >= 11 is 2.69. The van der Waals surface area contributed by atoms with Crippen molar-refractivity contribution >= 4 is 27.6 Å². The van der Waals surface area contributed by atoms with Crippen LogP contribution in [-0.4, -0.2) is 11.6 Å². The summed E-state index contributed by atoms with van der Waals surface area (Å²) in [5.41, 5.74) is 3.88. The average Bonchev–Trinajstić information content (AvgIpc) is 2.17. The molecule has 0 amide bonds. The number of hydrogen-bond donors (Lipinski definition) is 1. The Morgan fingerprint density at radius 1 is 1.41 bits per heavy atom. The van der Waals surface area contributed by atoms with Crippen molar-refractivity contribution in [2.45, 2.75) is 26.4 Å². The van der Waals surface area contributed by atoms with Crippen LogP contribution in [0.2, 0.25) is 0 Å². The van der Waals surface area contributed by atoms with Gasteiger partial charge in [0.2, 0.25) is 0 Å². The second-order valence-corrected chi connectivity index (χ2v) is 5.24. The minimum Gasteiger partial charge on any atom is -0.456 e. The van der Waals surface area contributed by atoms with Gasteiger partial charge in [0.05, 0.1) is 15.7 Å². The van der Waals surface area contributed by atoms with E-state index in [9.17, 15) is 13.6 Å². The molecule has 1 aromatic carbocycles. The van der Waals surface area contributed by atoms with Crippen molar-refractivity contribution < 1.29 is 18.3 Å². The summed E-state index contributed by atoms with van der Waals surface area (Å²) in [7, 11) is 0. The largest absolute Gasteiger partial charge is 0.456 e. The summed E-state index contributed by atoms with van der Waals surface area (Å²) in [6.45, 7) is 4.94. The summed E-state index contributed by atoms with van der Waals surface area (Å²) in [5, 5.41) is 0. The molecule has 17 heavy (non-hydrogen) atoms. The smallest absolute Gasteiger partial charge is 0.340 e. The van der Waals surface area contributed by atoms with E-state index in [1.807, 2.05) is 0 Å². The van der Waals surface area contributed by atoms with Crippen LogP contribution < -0.4 is 5.73 Å². The van der Waals surface area contributed by atoms with E-state index in [2.05, 4.69) is 15.9 Å². The van der Waals surface area contributed by atoms with Gasteiger partial charge in [-0.1, -0.05) is 0 Å². The lowest BCUT2D eigenvalue weighted by molar-refractivity contribution is 0.00698. The van der Waals surface area contributed by atoms with Crippen LogP contribution in [0, 0.1) is 11.6 Å². The molecule has 0 radical (unpaired) electrons. The summed E-state index contributed by atoms with van der Waals surface area (Å²) in [6, 6.07) is 0.844. The van der Waals surface area contributed by atoms with Gasteiger partial charge in [-0.25, -0.2) is 13.6 Å². The van der Waals surface area contributed by atoms with Gasteiger partial charge in [0, 0.05) is 0 Å². The van der Waals surface area contributed by atoms with Crippen LogP contribution in [0.4, 0.5) is 14.5 Å². The molecule has 0 saturated heterocycles. The molecule has 0 aliphatic carbocycles. The minimum atomic E-state index is -1.01. The van der Waals surface area contributed by atoms with E-state index in [1.54, 1.807) is 20.8 Å². The molecule has 94 valence electrons. The molecule has 1 aromatic rings. The highest BCUT2D eigenvalue weighted by Gasteiger charge is 2.24. The van der Waals surface area contributed by atoms with E-state index in [-0.39, 0.29) is 5.56 Å². The molecule has 0 bridgehead atoms. The summed E-state index contributed by atoms with van der Waals surface area (Å²) in [5.74, 6) is -2.77. The van der Waals surface area contributed by atoms with Crippen LogP contribution in [0.3, 0.4) is 0 Å². The Balaban J connectivity index is 3.20. The summed E-state index contributed by atoms with van der Waals surface area (Å²) in [6.07, 6.45) is 0. The van der Waals surface area contributed by atoms with Crippen molar-refractivity contribution in [3.8, 4) is 0 Å². The first kappa shape index (κ1) is 13.9. The predicted octanol–water partition coefficient (Wildman–Crippen LogP) is 3.26. The van der Waals surface area contributed by atoms with Crippen molar-refractivity contribution in [1.82, 2.24) is 0 Å². The maximum Gasteiger partial charge on any atom is 0.340 e. The van der Waals surface area contributed by atoms with Crippen LogP contribution in [0.1, 0.15) is 31.1 Å². The first-order chi connectivity index (χ1) is 7.63. The van der Waals surface area contributed by atoms with Gasteiger partial charge in [0.15, 0.2) is 5.82 Å². The molecule has 2 N–H and O–H groups in total. The fraction of sp³-hybridized carbons (Fsp3) is 0.364. The number of carbonyl (C=O) groups is 1. The highest BCUT2D eigenvalue weighted by atomic mass is 79.9. The Kier molecular flexibility index (Phi) is 3.76. The molecule has 6 heteroatoms. The third-order valence-corrected chi connectivity index (χ3v) is 2.55. The number of rotatable bonds is 1. The molecule has 0 saturated carbocycles. The predicted molar refractivity (Wildman–Crippen MR) is 63.6 cm³/mol. The van der Waals surface area contributed by atoms with Crippen molar-refractivity contribution in [2.24, 2.45) is 0 Å². The number of carbonyl (C=O) groups excluding carboxylic acids is 1. The van der Waals surface area contributed by atoms with E-state index in [0.717, 1.165) is 6.07 Å². The first-order valence-electron chi connectivity index (χ1n) is 4.80. The standard InChI is InChI=1S/C11H12BrF2NO2/c1-11(2,3)17-10(16)5-4-6(13)7(12)8(14)9(5)15/h4H,15H2,1-3H3. The van der Waals surface area contributed by atoms with E-state index < -0.39 is 33.4 Å². The fourth-order valence-corrected chi connectivity index (χ4v) is 1.44. The molecule has 0 fully saturated rings. The summed E-state index contributed by atoms with van der Waals surface area (Å²) < 4.78 is 31.3. The number of nitrogens with two attached hydrogens (primary N) is 1. The van der Waals surface area contributed by atoms with Gasteiger partial charge in [-0.05, 0) is 42.8 Å². The number of nitrogen functional groups attached to an aromatic ring is 1. The Morgan fingerprint density at radius 3 is 2.41 bits per heavy atom. The van der Waals surface area contributed by atoms with Crippen LogP contribution in [-0.2, 0) is 4.74 Å². The molecular weight excluding hydrogens is 296 g/mol. The number of hydrogen-bond acceptors (Lipinski definition) is 3. The van der Waals surface area contributed by atoms with Crippen molar-refractivity contribution in [3.05, 3.63) is 27.7 Å². The molecule has 3 nitrogen and oxygen atoms in total. The van der Waals surface area contributed by atoms with Crippen LogP contribution in [0.25, 0.3) is 0 Å². The SMILES string of the molecule is CC(C)(C)OC(=O)c1cc(F)c(Br)c(F)c1N. The van der Waals surface area contributed by atoms with Crippen LogP contribution in [0.15, 0.2) is 10.5 Å². The van der Waals surface area contributed by atoms with E-state index in [0.29, 0.717) is 0 Å². The Bertz CT molecular complexity index is 470. The van der Waals surface area contributed by atoms with Gasteiger partial charge in [0.25, 0.3) is 0 Å². The Hall–Kier alpha value is -1.17. The zero-order valence-corrected chi connectivity index (χ0v) is 11.2. The fourth-order valence-electron chi connectivity index (χ4n) is 1.11. The van der Waals surface area contributed by atoms with Gasteiger partial charge >= 0.3 is 5.97 Å². The molecule has 0 spiro atoms. The number of benzene rings is 1. The number of anilines is 1. The van der Waals surface area contributed by atoms with Gasteiger partial charge in [0.1, 0.15) is 11.4 Å². The van der Waals surface area contributed by atoms with Gasteiger partial charge in [-0.3, -0.25) is 0 Å². The van der Waals surface area contributed by atoms with Gasteiger partial charge < -0.3 is 10.5 Å². The van der Waals surface area contributed by atoms with Crippen molar-refractivity contribution in [2.75, 3.05) is 5.73 Å². The number of halogens is 3. The topological polar surface area (TPSA) is 52.3 Å². The van der Waals surface area contributed by atoms with Gasteiger partial charge in [-0.15, -0.1) is 0 Å². The van der Waals surface area contributed by atoms with Crippen LogP contribution >= 0.6 is 15.9 Å². The molecule has 0 unspecified atom stereocenters. The van der Waals surface area contributed by atoms with Crippen LogP contribution in [0.5, 0.6) is 0 Å². The highest BCUT2D eigenvalue weighted by Crippen LogP contribution is 2.28. The van der Waals surface area contributed by atoms with Gasteiger partial charge in [-0.2, -0.15) is 0 Å². The lowest BCUT2D eigenvalue weighted by atomic mass is 10.1. The van der Waals surface area contributed by atoms with Crippen molar-refractivity contribution in [1.29, 1.82) is 0 Å². The Morgan fingerprint density at radius 2 is 1.94 bits per heavy atom. The molecule has 0 atom stereocenters. The average molecular weight is 308 g/mol. The quantitative estimate of drug-likeness (QED) is 0.492. The van der Waals surface area contributed by atoms with E-state index >= 15 is 0 Å². The number of esters is 1. The second-order valence-electron chi connectivity index (χ2n) is 4.45. The number of ether oxygens (including phenoxy) is 1. The van der Waals surface area contributed by atoms with Crippen molar-refractivity contribution in [3.63, 3.8) is 0 Å². The monoisotopic (exact) mass is 307 g/mol. The third-order valence-electron chi connectivity index (χ3n) is 1.82. The lowest BCUT2D eigenvalue weighted by Crippen LogP contribution is -2.24. The zero-order valence-electron chi connectivity index (χ0n) is 9.61. The Labute approximate surface area is 106 Å². The maximum absolute atomic E-state index is 13.4. The lowest BCUT2D eigenvalue weighted by Gasteiger charge is -2.20. The molecular formula is C11H12BrF2NO2. The molecule has 0 aromatic heterocycles.